The van der Waals surface area contributed by atoms with Gasteiger partial charge in [0.2, 0.25) is 0 Å². The Labute approximate surface area is 121 Å². The van der Waals surface area contributed by atoms with Gasteiger partial charge < -0.3 is 0 Å². The van der Waals surface area contributed by atoms with Crippen LogP contribution in [-0.2, 0) is 18.7 Å². The van der Waals surface area contributed by atoms with E-state index in [1.807, 2.05) is 12.1 Å². The van der Waals surface area contributed by atoms with Gasteiger partial charge in [0.25, 0.3) is 9.26 Å². The van der Waals surface area contributed by atoms with Crippen LogP contribution in [0.2, 0.25) is 0 Å². The molecular formula is C8H4Br3NO2S2. The molecule has 1 atom stereocenters. The number of hydrogen-bond acceptors (Lipinski definition) is 3. The topological polar surface area (TPSA) is 46.5 Å². The van der Waals surface area contributed by atoms with Gasteiger partial charge in [-0.25, -0.2) is 4.99 Å². The maximum absolute atomic E-state index is 11.3. The number of alkyl halides is 3. The third-order valence-corrected chi connectivity index (χ3v) is 7.35. The summed E-state index contributed by atoms with van der Waals surface area (Å²) in [6.07, 6.45) is 0. The van der Waals surface area contributed by atoms with Crippen molar-refractivity contribution in [2.45, 2.75) is 7.04 Å². The summed E-state index contributed by atoms with van der Waals surface area (Å²) in [5.74, 6) is 0. The van der Waals surface area contributed by atoms with E-state index in [1.54, 1.807) is 12.1 Å². The summed E-state index contributed by atoms with van der Waals surface area (Å²) < 4.78 is 21.8. The summed E-state index contributed by atoms with van der Waals surface area (Å²) in [6.45, 7) is 0. The molecule has 1 aliphatic rings. The summed E-state index contributed by atoms with van der Waals surface area (Å²) >= 11 is 9.93. The molecule has 8 heteroatoms. The number of halogens is 3. The Bertz CT molecular complexity index is 608. The minimum absolute atomic E-state index is 0.502. The van der Waals surface area contributed by atoms with E-state index in [0.717, 1.165) is 4.90 Å². The Kier molecular flexibility index (Phi) is 3.75. The predicted molar refractivity (Wildman–Crippen MR) is 77.6 cm³/mol. The monoisotopic (exact) mass is 447 g/mol. The molecule has 0 amide bonds. The fraction of sp³-hybridized carbons (Fsp3) is 0.125. The second-order valence-corrected chi connectivity index (χ2v) is 13.2. The molecule has 0 N–H and O–H groups in total. The molecule has 86 valence electrons. The lowest BCUT2D eigenvalue weighted by atomic mass is 10.3. The minimum Gasteiger partial charge on any atom is -0.241 e. The summed E-state index contributed by atoms with van der Waals surface area (Å²) in [4.78, 5) is 5.05. The van der Waals surface area contributed by atoms with Gasteiger partial charge >= 0.3 is 0 Å². The Balaban J connectivity index is 2.76. The number of aliphatic imine (C=N–C) groups is 1. The molecule has 3 nitrogen and oxygen atoms in total. The zero-order chi connectivity index (χ0) is 11.9. The third-order valence-electron chi connectivity index (χ3n) is 1.84. The Morgan fingerprint density at radius 1 is 1.19 bits per heavy atom. The van der Waals surface area contributed by atoms with Crippen LogP contribution in [0, 0.1) is 0 Å². The molecule has 0 fully saturated rings. The van der Waals surface area contributed by atoms with Crippen LogP contribution in [0.25, 0.3) is 0 Å². The lowest BCUT2D eigenvalue weighted by Crippen LogP contribution is -2.19. The second kappa shape index (κ2) is 4.64. The zero-order valence-corrected chi connectivity index (χ0v) is 13.9. The van der Waals surface area contributed by atoms with Crippen molar-refractivity contribution in [1.29, 1.82) is 0 Å². The lowest BCUT2D eigenvalue weighted by molar-refractivity contribution is 0.628. The normalized spacial score (nSPS) is 19.2. The van der Waals surface area contributed by atoms with Crippen molar-refractivity contribution >= 4 is 77.2 Å². The van der Waals surface area contributed by atoms with Crippen molar-refractivity contribution in [3.05, 3.63) is 24.3 Å². The Morgan fingerprint density at radius 3 is 2.38 bits per heavy atom. The summed E-state index contributed by atoms with van der Waals surface area (Å²) in [7, 11) is -3.26. The molecule has 0 saturated carbocycles. The van der Waals surface area contributed by atoms with Crippen LogP contribution < -0.4 is 0 Å². The second-order valence-electron chi connectivity index (χ2n) is 2.86. The molecule has 0 radical (unpaired) electrons. The van der Waals surface area contributed by atoms with Crippen molar-refractivity contribution in [2.75, 3.05) is 0 Å². The highest BCUT2D eigenvalue weighted by molar-refractivity contribution is 9.40. The van der Waals surface area contributed by atoms with Crippen molar-refractivity contribution in [1.82, 2.24) is 0 Å². The molecule has 0 saturated heterocycles. The van der Waals surface area contributed by atoms with E-state index in [1.165, 1.54) is 0 Å². The summed E-state index contributed by atoms with van der Waals surface area (Å²) in [6, 6.07) is 7.22. The Morgan fingerprint density at radius 2 is 1.81 bits per heavy atom. The van der Waals surface area contributed by atoms with Gasteiger partial charge in [-0.05, 0) is 12.1 Å². The molecule has 16 heavy (non-hydrogen) atoms. The van der Waals surface area contributed by atoms with E-state index in [2.05, 4.69) is 52.8 Å². The molecule has 1 aromatic rings. The standard InChI is InChI=1S/C8H4Br3NO2S2/c9-8(10,11)7-12-5-3-1-2-4-6(5)15(7)16(13)14/h1-4H. The highest BCUT2D eigenvalue weighted by Gasteiger charge is 2.35. The molecule has 1 unspecified atom stereocenters. The highest BCUT2D eigenvalue weighted by atomic mass is 80.0. The Hall–Kier alpha value is 0.500. The molecule has 1 aromatic carbocycles. The van der Waals surface area contributed by atoms with E-state index < -0.39 is 20.9 Å². The summed E-state index contributed by atoms with van der Waals surface area (Å²) in [5, 5.41) is 0.502. The van der Waals surface area contributed by atoms with Gasteiger partial charge in [-0.1, -0.05) is 59.9 Å². The molecule has 0 aromatic heterocycles. The van der Waals surface area contributed by atoms with Crippen molar-refractivity contribution in [3.8, 4) is 0 Å². The fourth-order valence-corrected chi connectivity index (χ4v) is 7.07. The van der Waals surface area contributed by atoms with Crippen molar-refractivity contribution < 1.29 is 8.42 Å². The fourth-order valence-electron chi connectivity index (χ4n) is 1.27. The van der Waals surface area contributed by atoms with Gasteiger partial charge in [0, 0.05) is 14.3 Å². The first kappa shape index (κ1) is 12.9. The number of fused-ring (bicyclic) bond motifs is 1. The number of rotatable bonds is 0. The smallest absolute Gasteiger partial charge is 0.241 e. The third kappa shape index (κ3) is 2.35. The maximum atomic E-state index is 11.3. The molecule has 0 bridgehead atoms. The molecule has 0 aliphatic carbocycles. The van der Waals surface area contributed by atoms with Gasteiger partial charge in [0.1, 0.15) is 5.04 Å². The van der Waals surface area contributed by atoms with Crippen LogP contribution in [0.4, 0.5) is 5.69 Å². The molecule has 1 heterocycles. The molecule has 2 rings (SSSR count). The number of nitrogens with zero attached hydrogens (tertiary/aromatic N) is 1. The van der Waals surface area contributed by atoms with E-state index in [-0.39, 0.29) is 0 Å². The first-order chi connectivity index (χ1) is 7.41. The van der Waals surface area contributed by atoms with E-state index in [9.17, 15) is 8.42 Å². The quantitative estimate of drug-likeness (QED) is 0.570. The molecular weight excluding hydrogens is 446 g/mol. The van der Waals surface area contributed by atoms with Gasteiger partial charge in [-0.2, -0.15) is 8.42 Å². The average molecular weight is 450 g/mol. The largest absolute Gasteiger partial charge is 0.251 e. The van der Waals surface area contributed by atoms with Crippen molar-refractivity contribution in [2.24, 2.45) is 4.99 Å². The number of benzene rings is 1. The summed E-state index contributed by atoms with van der Waals surface area (Å²) in [5.41, 5.74) is 0.702. The van der Waals surface area contributed by atoms with Crippen LogP contribution in [0.3, 0.4) is 0 Å². The number of hydrogen-bond donors (Lipinski definition) is 0. The highest BCUT2D eigenvalue weighted by Crippen LogP contribution is 2.43. The predicted octanol–water partition coefficient (Wildman–Crippen LogP) is 3.34. The maximum Gasteiger partial charge on any atom is 0.251 e. The van der Waals surface area contributed by atoms with Gasteiger partial charge in [0.15, 0.2) is 2.14 Å². The van der Waals surface area contributed by atoms with Gasteiger partial charge in [-0.3, -0.25) is 0 Å². The molecule has 0 spiro atoms. The van der Waals surface area contributed by atoms with Crippen LogP contribution in [0.5, 0.6) is 0 Å². The van der Waals surface area contributed by atoms with Gasteiger partial charge in [-0.15, -0.1) is 0 Å². The SMILES string of the molecule is O=S(=O)=S1C(C(Br)(Br)Br)=Nc2ccccc21. The first-order valence-corrected chi connectivity index (χ1v) is 9.20. The average Bonchev–Trinajstić information content (AvgIpc) is 2.55. The van der Waals surface area contributed by atoms with Gasteiger partial charge in [0.05, 0.1) is 5.69 Å². The lowest BCUT2D eigenvalue weighted by Gasteiger charge is -2.11. The van der Waals surface area contributed by atoms with Crippen LogP contribution in [0.15, 0.2) is 34.2 Å². The number of para-hydroxylation sites is 1. The van der Waals surface area contributed by atoms with Crippen LogP contribution in [-0.4, -0.2) is 15.6 Å². The van der Waals surface area contributed by atoms with E-state index in [4.69, 9.17) is 0 Å². The van der Waals surface area contributed by atoms with Crippen molar-refractivity contribution in [3.63, 3.8) is 0 Å². The first-order valence-electron chi connectivity index (χ1n) is 4.00. The van der Waals surface area contributed by atoms with E-state index in [0.29, 0.717) is 10.7 Å². The minimum atomic E-state index is -2.22. The molecule has 1 aliphatic heterocycles. The van der Waals surface area contributed by atoms with E-state index >= 15 is 0 Å². The zero-order valence-electron chi connectivity index (χ0n) is 7.52. The van der Waals surface area contributed by atoms with Crippen LogP contribution >= 0.6 is 47.8 Å². The van der Waals surface area contributed by atoms with Crippen LogP contribution in [0.1, 0.15) is 0 Å².